The summed E-state index contributed by atoms with van der Waals surface area (Å²) in [5, 5.41) is 4.73. The Labute approximate surface area is 178 Å². The second-order valence-corrected chi connectivity index (χ2v) is 9.86. The van der Waals surface area contributed by atoms with Crippen LogP contribution in [0.4, 0.5) is 19.0 Å². The molecule has 166 valence electrons. The molecule has 0 radical (unpaired) electrons. The van der Waals surface area contributed by atoms with Crippen LogP contribution in [-0.4, -0.2) is 52.0 Å². The first-order valence-corrected chi connectivity index (χ1v) is 10.9. The molecule has 0 spiro atoms. The first-order chi connectivity index (χ1) is 14.7. The molecule has 3 saturated carbocycles. The third kappa shape index (κ3) is 2.36. The average molecular weight is 433 g/mol. The Balaban J connectivity index is 1.35. The summed E-state index contributed by atoms with van der Waals surface area (Å²) in [6, 6.07) is 4.27. The van der Waals surface area contributed by atoms with Crippen molar-refractivity contribution in [2.45, 2.75) is 50.0 Å². The summed E-state index contributed by atoms with van der Waals surface area (Å²) < 4.78 is 47.4. The number of aromatic nitrogens is 3. The summed E-state index contributed by atoms with van der Waals surface area (Å²) in [7, 11) is 2.21. The molecule has 3 aliphatic carbocycles. The SMILES string of the molecule is CC(C)n1nc(-c2cnc(N)c(C(F)(F)F)c2)cc1[C@]12C3C[C@H]1C2[C@@H]3N(C)C1COC1. The molecule has 5 atom stereocenters. The number of ether oxygens (including phenoxy) is 1. The maximum Gasteiger partial charge on any atom is 0.419 e. The highest BCUT2D eigenvalue weighted by molar-refractivity contribution is 5.64. The third-order valence-corrected chi connectivity index (χ3v) is 8.25. The summed E-state index contributed by atoms with van der Waals surface area (Å²) >= 11 is 0. The van der Waals surface area contributed by atoms with Crippen molar-refractivity contribution in [3.05, 3.63) is 29.6 Å². The van der Waals surface area contributed by atoms with Crippen molar-refractivity contribution < 1.29 is 17.9 Å². The van der Waals surface area contributed by atoms with Gasteiger partial charge in [-0.05, 0) is 57.2 Å². The Morgan fingerprint density at radius 2 is 2.00 bits per heavy atom. The highest BCUT2D eigenvalue weighted by Crippen LogP contribution is 2.87. The van der Waals surface area contributed by atoms with Crippen molar-refractivity contribution in [3.63, 3.8) is 0 Å². The number of pyridine rings is 1. The van der Waals surface area contributed by atoms with Gasteiger partial charge in [-0.1, -0.05) is 0 Å². The fourth-order valence-corrected chi connectivity index (χ4v) is 6.64. The zero-order valence-electron chi connectivity index (χ0n) is 17.7. The molecular formula is C22H26F3N5O. The fraction of sp³-hybridized carbons (Fsp3) is 0.636. The number of anilines is 1. The molecule has 1 saturated heterocycles. The van der Waals surface area contributed by atoms with Gasteiger partial charge in [0.25, 0.3) is 0 Å². The van der Waals surface area contributed by atoms with Crippen molar-refractivity contribution in [1.82, 2.24) is 19.7 Å². The standard InChI is InChI=1S/C22H26F3N5O/c1-10(2)30-17(6-16(28-30)11-4-15(22(23,24)25)20(26)27-7-11)21-13-5-14(21)19(18(13)21)29(3)12-8-31-9-12/h4,6-7,10,12-14,18-19H,5,8-9H2,1-3H3,(H2,26,27)/t13-,14?,18?,19+,21+/m0/s1. The lowest BCUT2D eigenvalue weighted by molar-refractivity contribution is -0.137. The molecule has 2 N–H and O–H groups in total. The molecule has 0 amide bonds. The van der Waals surface area contributed by atoms with Crippen molar-refractivity contribution in [2.24, 2.45) is 17.8 Å². The van der Waals surface area contributed by atoms with E-state index in [4.69, 9.17) is 15.6 Å². The van der Waals surface area contributed by atoms with Crippen molar-refractivity contribution >= 4 is 5.82 Å². The lowest BCUT2D eigenvalue weighted by Gasteiger charge is -2.53. The number of rotatable bonds is 5. The van der Waals surface area contributed by atoms with Gasteiger partial charge in [0.2, 0.25) is 0 Å². The van der Waals surface area contributed by atoms with Crippen LogP contribution >= 0.6 is 0 Å². The van der Waals surface area contributed by atoms with E-state index < -0.39 is 17.6 Å². The number of fused-ring (bicyclic) bond motifs is 1. The Morgan fingerprint density at radius 3 is 2.58 bits per heavy atom. The number of hydrogen-bond acceptors (Lipinski definition) is 5. The molecule has 31 heavy (non-hydrogen) atoms. The Bertz CT molecular complexity index is 1050. The smallest absolute Gasteiger partial charge is 0.383 e. The van der Waals surface area contributed by atoms with Gasteiger partial charge in [-0.15, -0.1) is 0 Å². The minimum Gasteiger partial charge on any atom is -0.383 e. The van der Waals surface area contributed by atoms with Crippen LogP contribution < -0.4 is 5.73 Å². The first-order valence-electron chi connectivity index (χ1n) is 10.9. The molecule has 0 bridgehead atoms. The molecule has 3 heterocycles. The lowest BCUT2D eigenvalue weighted by Crippen LogP contribution is -2.62. The molecule has 4 aliphatic rings. The highest BCUT2D eigenvalue weighted by atomic mass is 19.4. The summed E-state index contributed by atoms with van der Waals surface area (Å²) in [5.74, 6) is 1.35. The van der Waals surface area contributed by atoms with Gasteiger partial charge in [0, 0.05) is 35.0 Å². The fourth-order valence-electron chi connectivity index (χ4n) is 6.64. The highest BCUT2D eigenvalue weighted by Gasteiger charge is 2.90. The number of nitrogens with zero attached hydrogens (tertiary/aromatic N) is 4. The van der Waals surface area contributed by atoms with E-state index in [0.717, 1.165) is 19.3 Å². The van der Waals surface area contributed by atoms with Crippen LogP contribution in [0.5, 0.6) is 0 Å². The van der Waals surface area contributed by atoms with Crippen LogP contribution in [-0.2, 0) is 16.3 Å². The van der Waals surface area contributed by atoms with Gasteiger partial charge in [0.1, 0.15) is 5.82 Å². The third-order valence-electron chi connectivity index (χ3n) is 8.25. The molecule has 2 aromatic heterocycles. The van der Waals surface area contributed by atoms with Crippen LogP contribution in [0.25, 0.3) is 11.3 Å². The zero-order valence-corrected chi connectivity index (χ0v) is 17.7. The van der Waals surface area contributed by atoms with Crippen LogP contribution in [0.15, 0.2) is 18.3 Å². The van der Waals surface area contributed by atoms with Crippen LogP contribution in [0.1, 0.15) is 37.6 Å². The number of nitrogens with two attached hydrogens (primary N) is 1. The first kappa shape index (κ1) is 19.5. The molecule has 6 rings (SSSR count). The predicted molar refractivity (Wildman–Crippen MR) is 108 cm³/mol. The Morgan fingerprint density at radius 1 is 1.26 bits per heavy atom. The van der Waals surface area contributed by atoms with Crippen LogP contribution in [0.3, 0.4) is 0 Å². The summed E-state index contributed by atoms with van der Waals surface area (Å²) in [6.45, 7) is 5.75. The van der Waals surface area contributed by atoms with E-state index in [1.54, 1.807) is 0 Å². The molecule has 0 aromatic carbocycles. The van der Waals surface area contributed by atoms with Gasteiger partial charge in [0.05, 0.1) is 30.5 Å². The van der Waals surface area contributed by atoms with Gasteiger partial charge in [-0.2, -0.15) is 18.3 Å². The monoisotopic (exact) mass is 433 g/mol. The van der Waals surface area contributed by atoms with Gasteiger partial charge < -0.3 is 10.5 Å². The summed E-state index contributed by atoms with van der Waals surface area (Å²) in [4.78, 5) is 6.30. The Kier molecular flexibility index (Phi) is 3.79. The maximum atomic E-state index is 13.3. The van der Waals surface area contributed by atoms with Crippen molar-refractivity contribution in [3.8, 4) is 11.3 Å². The maximum absolute atomic E-state index is 13.3. The molecule has 2 unspecified atom stereocenters. The number of alkyl halides is 3. The zero-order chi connectivity index (χ0) is 21.9. The number of likely N-dealkylation sites (N-methyl/N-ethyl adjacent to an activating group) is 1. The molecule has 1 aliphatic heterocycles. The normalized spacial score (nSPS) is 33.7. The minimum absolute atomic E-state index is 0.124. The lowest BCUT2D eigenvalue weighted by atomic mass is 9.60. The van der Waals surface area contributed by atoms with Crippen molar-refractivity contribution in [1.29, 1.82) is 0 Å². The minimum atomic E-state index is -4.55. The van der Waals surface area contributed by atoms with E-state index in [9.17, 15) is 13.2 Å². The van der Waals surface area contributed by atoms with Gasteiger partial charge >= 0.3 is 6.18 Å². The van der Waals surface area contributed by atoms with Crippen LogP contribution in [0, 0.1) is 17.8 Å². The number of nitrogen functional groups attached to an aromatic ring is 1. The molecule has 6 nitrogen and oxygen atoms in total. The summed E-state index contributed by atoms with van der Waals surface area (Å²) in [6.07, 6.45) is -1.93. The second-order valence-electron chi connectivity index (χ2n) is 9.86. The Hall–Kier alpha value is -2.13. The van der Waals surface area contributed by atoms with Crippen LogP contribution in [0.2, 0.25) is 0 Å². The van der Waals surface area contributed by atoms with Crippen molar-refractivity contribution in [2.75, 3.05) is 26.0 Å². The molecule has 2 aromatic rings. The largest absolute Gasteiger partial charge is 0.419 e. The van der Waals surface area contributed by atoms with E-state index in [2.05, 4.69) is 30.8 Å². The van der Waals surface area contributed by atoms with E-state index in [1.165, 1.54) is 18.3 Å². The molecule has 9 heteroatoms. The van der Waals surface area contributed by atoms with E-state index in [0.29, 0.717) is 41.1 Å². The van der Waals surface area contributed by atoms with E-state index in [-0.39, 0.29) is 11.5 Å². The molecular weight excluding hydrogens is 407 g/mol. The average Bonchev–Trinajstić information content (AvgIpc) is 3.08. The van der Waals surface area contributed by atoms with E-state index in [1.807, 2.05) is 10.7 Å². The molecule has 4 fully saturated rings. The van der Waals surface area contributed by atoms with Gasteiger partial charge in [-0.25, -0.2) is 4.98 Å². The second kappa shape index (κ2) is 6.01. The number of hydrogen-bond donors (Lipinski definition) is 1. The summed E-state index contributed by atoms with van der Waals surface area (Å²) in [5.41, 5.74) is 6.77. The number of halogens is 3. The predicted octanol–water partition coefficient (Wildman–Crippen LogP) is 3.34. The van der Waals surface area contributed by atoms with Gasteiger partial charge in [-0.3, -0.25) is 9.58 Å². The quantitative estimate of drug-likeness (QED) is 0.783. The van der Waals surface area contributed by atoms with E-state index >= 15 is 0 Å². The topological polar surface area (TPSA) is 69.2 Å². The van der Waals surface area contributed by atoms with Gasteiger partial charge in [0.15, 0.2) is 0 Å².